The van der Waals surface area contributed by atoms with E-state index in [4.69, 9.17) is 9.47 Å². The Balaban J connectivity index is 2.28. The smallest absolute Gasteiger partial charge is 0.339 e. The van der Waals surface area contributed by atoms with Crippen molar-refractivity contribution in [2.45, 2.75) is 24.7 Å². The van der Waals surface area contributed by atoms with E-state index in [1.807, 2.05) is 18.4 Å². The number of benzene rings is 1. The van der Waals surface area contributed by atoms with Gasteiger partial charge in [-0.05, 0) is 31.7 Å². The van der Waals surface area contributed by atoms with Gasteiger partial charge in [0, 0.05) is 17.9 Å². The van der Waals surface area contributed by atoms with Crippen molar-refractivity contribution in [3.8, 4) is 0 Å². The number of carbonyl (C=O) groups excluding carboxylic acids is 3. The van der Waals surface area contributed by atoms with Gasteiger partial charge in [0.2, 0.25) is 0 Å². The Hall–Kier alpha value is -2.02. The minimum atomic E-state index is -0.531. The lowest BCUT2D eigenvalue weighted by atomic mass is 10.2. The Bertz CT molecular complexity index is 547. The molecular weight excluding hydrogens is 318 g/mol. The van der Waals surface area contributed by atoms with E-state index in [2.05, 4.69) is 5.32 Å². The maximum Gasteiger partial charge on any atom is 0.339 e. The van der Waals surface area contributed by atoms with Gasteiger partial charge in [-0.2, -0.15) is 0 Å². The molecule has 126 valence electrons. The zero-order valence-corrected chi connectivity index (χ0v) is 14.1. The molecule has 1 rings (SSSR count). The lowest BCUT2D eigenvalue weighted by Gasteiger charge is -2.08. The summed E-state index contributed by atoms with van der Waals surface area (Å²) in [4.78, 5) is 35.4. The minimum absolute atomic E-state index is 0.245. The second kappa shape index (κ2) is 10.7. The Morgan fingerprint density at radius 2 is 1.91 bits per heavy atom. The van der Waals surface area contributed by atoms with Gasteiger partial charge >= 0.3 is 11.9 Å². The third kappa shape index (κ3) is 7.19. The second-order valence-electron chi connectivity index (χ2n) is 4.53. The first-order valence-corrected chi connectivity index (χ1v) is 8.53. The molecule has 0 spiro atoms. The molecule has 23 heavy (non-hydrogen) atoms. The lowest BCUT2D eigenvalue weighted by Crippen LogP contribution is -2.30. The van der Waals surface area contributed by atoms with Crippen LogP contribution in [0, 0.1) is 0 Å². The van der Waals surface area contributed by atoms with E-state index >= 15 is 0 Å². The highest BCUT2D eigenvalue weighted by molar-refractivity contribution is 7.98. The minimum Gasteiger partial charge on any atom is -0.466 e. The van der Waals surface area contributed by atoms with E-state index in [-0.39, 0.29) is 19.0 Å². The number of esters is 2. The Labute approximate surface area is 139 Å². The normalized spacial score (nSPS) is 10.0. The molecule has 1 amide bonds. The number of nitrogens with one attached hydrogen (secondary N) is 1. The van der Waals surface area contributed by atoms with E-state index in [0.717, 1.165) is 4.90 Å². The largest absolute Gasteiger partial charge is 0.466 e. The number of ether oxygens (including phenoxy) is 2. The van der Waals surface area contributed by atoms with E-state index < -0.39 is 11.9 Å². The van der Waals surface area contributed by atoms with Gasteiger partial charge in [0.1, 0.15) is 0 Å². The highest BCUT2D eigenvalue weighted by atomic mass is 32.2. The number of amides is 1. The number of carbonyl (C=O) groups is 3. The number of hydrogen-bond acceptors (Lipinski definition) is 6. The van der Waals surface area contributed by atoms with Crippen LogP contribution in [0.2, 0.25) is 0 Å². The summed E-state index contributed by atoms with van der Waals surface area (Å²) in [5.74, 6) is -1.22. The van der Waals surface area contributed by atoms with Crippen LogP contribution in [-0.4, -0.2) is 43.9 Å². The molecule has 0 saturated heterocycles. The highest BCUT2D eigenvalue weighted by Crippen LogP contribution is 2.20. The molecule has 0 radical (unpaired) electrons. The van der Waals surface area contributed by atoms with E-state index in [9.17, 15) is 14.4 Å². The van der Waals surface area contributed by atoms with Gasteiger partial charge < -0.3 is 14.8 Å². The molecule has 1 N–H and O–H groups in total. The van der Waals surface area contributed by atoms with Crippen LogP contribution in [0.3, 0.4) is 0 Å². The van der Waals surface area contributed by atoms with Gasteiger partial charge in [-0.25, -0.2) is 4.79 Å². The monoisotopic (exact) mass is 339 g/mol. The first-order chi connectivity index (χ1) is 11.1. The molecule has 0 bridgehead atoms. The van der Waals surface area contributed by atoms with Gasteiger partial charge in [-0.15, -0.1) is 11.8 Å². The summed E-state index contributed by atoms with van der Waals surface area (Å²) in [6.45, 7) is 2.07. The van der Waals surface area contributed by atoms with Crippen LogP contribution in [0.25, 0.3) is 0 Å². The Kier molecular flexibility index (Phi) is 8.82. The molecule has 0 unspecified atom stereocenters. The fourth-order valence-corrected chi connectivity index (χ4v) is 2.35. The molecule has 0 aliphatic heterocycles. The van der Waals surface area contributed by atoms with E-state index in [1.54, 1.807) is 19.1 Å². The first-order valence-electron chi connectivity index (χ1n) is 7.31. The molecule has 6 nitrogen and oxygen atoms in total. The Morgan fingerprint density at radius 3 is 2.61 bits per heavy atom. The van der Waals surface area contributed by atoms with Crippen molar-refractivity contribution < 1.29 is 23.9 Å². The van der Waals surface area contributed by atoms with Crippen molar-refractivity contribution in [1.82, 2.24) is 5.32 Å². The Morgan fingerprint density at radius 1 is 1.17 bits per heavy atom. The molecule has 0 aliphatic carbocycles. The third-order valence-electron chi connectivity index (χ3n) is 2.85. The van der Waals surface area contributed by atoms with Gasteiger partial charge in [0.25, 0.3) is 5.91 Å². The molecule has 7 heteroatoms. The predicted octanol–water partition coefficient (Wildman–Crippen LogP) is 2.02. The molecule has 1 aromatic rings. The zero-order valence-electron chi connectivity index (χ0n) is 13.3. The topological polar surface area (TPSA) is 81.7 Å². The van der Waals surface area contributed by atoms with E-state index in [1.165, 1.54) is 11.8 Å². The molecule has 0 aliphatic rings. The van der Waals surface area contributed by atoms with Crippen molar-refractivity contribution >= 4 is 29.6 Å². The summed E-state index contributed by atoms with van der Waals surface area (Å²) >= 11 is 1.44. The van der Waals surface area contributed by atoms with Gasteiger partial charge in [0.05, 0.1) is 12.2 Å². The van der Waals surface area contributed by atoms with Crippen LogP contribution in [-0.2, 0) is 19.1 Å². The van der Waals surface area contributed by atoms with Crippen molar-refractivity contribution in [1.29, 1.82) is 0 Å². The molecule has 0 saturated carbocycles. The SMILES string of the molecule is CCOC(=O)CCCNC(=O)COC(=O)c1ccccc1SC. The molecular formula is C16H21NO5S. The zero-order chi connectivity index (χ0) is 17.1. The van der Waals surface area contributed by atoms with Crippen molar-refractivity contribution in [2.75, 3.05) is 26.0 Å². The van der Waals surface area contributed by atoms with Crippen LogP contribution < -0.4 is 5.32 Å². The predicted molar refractivity (Wildman–Crippen MR) is 87.4 cm³/mol. The van der Waals surface area contributed by atoms with Gasteiger partial charge in [-0.3, -0.25) is 9.59 Å². The molecule has 0 atom stereocenters. The summed E-state index contributed by atoms with van der Waals surface area (Å²) in [6.07, 6.45) is 2.59. The summed E-state index contributed by atoms with van der Waals surface area (Å²) in [5, 5.41) is 2.59. The molecule has 0 heterocycles. The van der Waals surface area contributed by atoms with Crippen LogP contribution in [0.15, 0.2) is 29.2 Å². The summed E-state index contributed by atoms with van der Waals surface area (Å²) < 4.78 is 9.77. The van der Waals surface area contributed by atoms with Gasteiger partial charge in [-0.1, -0.05) is 12.1 Å². The number of thioether (sulfide) groups is 1. The van der Waals surface area contributed by atoms with Crippen molar-refractivity contribution in [2.24, 2.45) is 0 Å². The fraction of sp³-hybridized carbons (Fsp3) is 0.438. The van der Waals surface area contributed by atoms with Crippen LogP contribution >= 0.6 is 11.8 Å². The average molecular weight is 339 g/mol. The summed E-state index contributed by atoms with van der Waals surface area (Å²) in [7, 11) is 0. The maximum absolute atomic E-state index is 11.9. The lowest BCUT2D eigenvalue weighted by molar-refractivity contribution is -0.143. The quantitative estimate of drug-likeness (QED) is 0.421. The van der Waals surface area contributed by atoms with Crippen molar-refractivity contribution in [3.63, 3.8) is 0 Å². The third-order valence-corrected chi connectivity index (χ3v) is 3.64. The second-order valence-corrected chi connectivity index (χ2v) is 5.38. The molecule has 0 fully saturated rings. The first kappa shape index (κ1) is 19.0. The number of hydrogen-bond donors (Lipinski definition) is 1. The highest BCUT2D eigenvalue weighted by Gasteiger charge is 2.13. The van der Waals surface area contributed by atoms with Crippen LogP contribution in [0.4, 0.5) is 0 Å². The number of rotatable bonds is 9. The maximum atomic E-state index is 11.9. The van der Waals surface area contributed by atoms with Crippen LogP contribution in [0.5, 0.6) is 0 Å². The average Bonchev–Trinajstić information content (AvgIpc) is 2.56. The molecule has 0 aromatic heterocycles. The van der Waals surface area contributed by atoms with Crippen molar-refractivity contribution in [3.05, 3.63) is 29.8 Å². The summed E-state index contributed by atoms with van der Waals surface area (Å²) in [5.41, 5.74) is 0.440. The van der Waals surface area contributed by atoms with Crippen LogP contribution in [0.1, 0.15) is 30.1 Å². The fourth-order valence-electron chi connectivity index (χ4n) is 1.77. The van der Waals surface area contributed by atoms with E-state index in [0.29, 0.717) is 25.1 Å². The molecule has 1 aromatic carbocycles. The standard InChI is InChI=1S/C16H21NO5S/c1-3-21-15(19)9-6-10-17-14(18)11-22-16(20)12-7-4-5-8-13(12)23-2/h4-5,7-8H,3,6,9-11H2,1-2H3,(H,17,18). The summed E-state index contributed by atoms with van der Waals surface area (Å²) in [6, 6.07) is 7.05. The van der Waals surface area contributed by atoms with Gasteiger partial charge in [0.15, 0.2) is 6.61 Å².